The zero-order chi connectivity index (χ0) is 7.98. The number of Topliss-reactive ketones (excluding diaryl/α,β-unsaturated/α-hetero) is 1. The van der Waals surface area contributed by atoms with Crippen LogP contribution in [-0.4, -0.2) is 11.7 Å². The minimum Gasteiger partial charge on any atom is -0.295 e. The maximum absolute atomic E-state index is 10.7. The normalized spacial score (nSPS) is 11.7. The third kappa shape index (κ3) is 3.67. The zero-order valence-corrected chi connectivity index (χ0v) is 7.24. The first-order valence-corrected chi connectivity index (χ1v) is 4.01. The van der Waals surface area contributed by atoms with Crippen LogP contribution in [0.25, 0.3) is 0 Å². The van der Waals surface area contributed by atoms with Crippen LogP contribution >= 0.6 is 11.6 Å². The Morgan fingerprint density at radius 2 is 2.20 bits per heavy atom. The van der Waals surface area contributed by atoms with Gasteiger partial charge in [-0.15, -0.1) is 11.6 Å². The van der Waals surface area contributed by atoms with Crippen molar-refractivity contribution in [2.24, 2.45) is 0 Å². The quantitative estimate of drug-likeness (QED) is 0.456. The molecule has 0 fully saturated rings. The maximum Gasteiger partial charge on any atom is 0.156 e. The summed E-state index contributed by atoms with van der Waals surface area (Å²) in [5, 5.41) is 0. The van der Waals surface area contributed by atoms with Gasteiger partial charge < -0.3 is 0 Å². The van der Waals surface area contributed by atoms with Gasteiger partial charge in [-0.3, -0.25) is 4.79 Å². The summed E-state index contributed by atoms with van der Waals surface area (Å²) < 4.78 is 0. The van der Waals surface area contributed by atoms with E-state index >= 15 is 0 Å². The van der Waals surface area contributed by atoms with Crippen molar-refractivity contribution in [1.29, 1.82) is 0 Å². The molecule has 0 aliphatic rings. The van der Waals surface area contributed by atoms with Crippen LogP contribution < -0.4 is 0 Å². The molecule has 2 heteroatoms. The van der Waals surface area contributed by atoms with Crippen LogP contribution in [0, 0.1) is 0 Å². The second-order valence-electron chi connectivity index (χ2n) is 2.21. The molecule has 0 bridgehead atoms. The van der Waals surface area contributed by atoms with Crippen LogP contribution in [0.3, 0.4) is 0 Å². The van der Waals surface area contributed by atoms with E-state index in [1.165, 1.54) is 0 Å². The van der Waals surface area contributed by atoms with Gasteiger partial charge in [-0.1, -0.05) is 19.4 Å². The summed E-state index contributed by atoms with van der Waals surface area (Å²) in [5.74, 6) is 0.429. The summed E-state index contributed by atoms with van der Waals surface area (Å²) in [6.07, 6.45) is 3.92. The van der Waals surface area contributed by atoms with E-state index in [4.69, 9.17) is 11.6 Å². The van der Waals surface area contributed by atoms with Crippen LogP contribution in [0.1, 0.15) is 26.7 Å². The Balaban J connectivity index is 3.91. The molecule has 0 saturated heterocycles. The first kappa shape index (κ1) is 9.70. The SMILES string of the molecule is CCC/C=C(/CCl)C(C)=O. The third-order valence-electron chi connectivity index (χ3n) is 1.28. The molecule has 0 heterocycles. The summed E-state index contributed by atoms with van der Waals surface area (Å²) >= 11 is 5.51. The fourth-order valence-corrected chi connectivity index (χ4v) is 0.908. The minimum atomic E-state index is 0.0865. The van der Waals surface area contributed by atoms with E-state index in [1.807, 2.05) is 6.08 Å². The van der Waals surface area contributed by atoms with Gasteiger partial charge in [0.15, 0.2) is 5.78 Å². The molecule has 1 nitrogen and oxygen atoms in total. The van der Waals surface area contributed by atoms with E-state index in [0.717, 1.165) is 18.4 Å². The summed E-state index contributed by atoms with van der Waals surface area (Å²) in [5.41, 5.74) is 0.739. The van der Waals surface area contributed by atoms with Crippen molar-refractivity contribution in [2.45, 2.75) is 26.7 Å². The lowest BCUT2D eigenvalue weighted by Crippen LogP contribution is -1.97. The van der Waals surface area contributed by atoms with Crippen molar-refractivity contribution in [2.75, 3.05) is 5.88 Å². The monoisotopic (exact) mass is 160 g/mol. The Kier molecular flexibility index (Phi) is 5.32. The lowest BCUT2D eigenvalue weighted by Gasteiger charge is -1.95. The van der Waals surface area contributed by atoms with Gasteiger partial charge in [-0.2, -0.15) is 0 Å². The topological polar surface area (TPSA) is 17.1 Å². The zero-order valence-electron chi connectivity index (χ0n) is 6.48. The largest absolute Gasteiger partial charge is 0.295 e. The van der Waals surface area contributed by atoms with E-state index < -0.39 is 0 Å². The first-order valence-electron chi connectivity index (χ1n) is 3.48. The summed E-state index contributed by atoms with van der Waals surface area (Å²) in [7, 11) is 0. The lowest BCUT2D eigenvalue weighted by molar-refractivity contribution is -0.113. The Bertz CT molecular complexity index is 138. The summed E-state index contributed by atoms with van der Waals surface area (Å²) in [6.45, 7) is 3.62. The van der Waals surface area contributed by atoms with Gasteiger partial charge in [0.05, 0.1) is 5.88 Å². The molecule has 0 aliphatic carbocycles. The van der Waals surface area contributed by atoms with E-state index in [1.54, 1.807) is 6.92 Å². The molecule has 10 heavy (non-hydrogen) atoms. The van der Waals surface area contributed by atoms with E-state index in [0.29, 0.717) is 5.88 Å². The molecule has 0 atom stereocenters. The van der Waals surface area contributed by atoms with Crippen molar-refractivity contribution in [3.63, 3.8) is 0 Å². The van der Waals surface area contributed by atoms with E-state index in [2.05, 4.69) is 6.92 Å². The second-order valence-corrected chi connectivity index (χ2v) is 2.48. The molecule has 0 aromatic carbocycles. The molecule has 0 aromatic rings. The Morgan fingerprint density at radius 3 is 2.50 bits per heavy atom. The van der Waals surface area contributed by atoms with Crippen molar-refractivity contribution < 1.29 is 4.79 Å². The predicted molar refractivity (Wildman–Crippen MR) is 44.4 cm³/mol. The molecular weight excluding hydrogens is 148 g/mol. The lowest BCUT2D eigenvalue weighted by atomic mass is 10.1. The smallest absolute Gasteiger partial charge is 0.156 e. The summed E-state index contributed by atoms with van der Waals surface area (Å²) in [6, 6.07) is 0. The fourth-order valence-electron chi connectivity index (χ4n) is 0.611. The highest BCUT2D eigenvalue weighted by Gasteiger charge is 1.98. The van der Waals surface area contributed by atoms with E-state index in [9.17, 15) is 4.79 Å². The van der Waals surface area contributed by atoms with Crippen LogP contribution in [-0.2, 0) is 4.79 Å². The number of rotatable bonds is 4. The second kappa shape index (κ2) is 5.48. The molecule has 0 radical (unpaired) electrons. The maximum atomic E-state index is 10.7. The number of allylic oxidation sites excluding steroid dienone is 2. The number of hydrogen-bond donors (Lipinski definition) is 0. The van der Waals surface area contributed by atoms with E-state index in [-0.39, 0.29) is 5.78 Å². The van der Waals surface area contributed by atoms with Crippen molar-refractivity contribution >= 4 is 17.4 Å². The number of ketones is 1. The highest BCUT2D eigenvalue weighted by atomic mass is 35.5. The number of halogens is 1. The molecule has 0 aliphatic heterocycles. The Morgan fingerprint density at radius 1 is 1.60 bits per heavy atom. The molecule has 0 saturated carbocycles. The molecule has 58 valence electrons. The van der Waals surface area contributed by atoms with Gasteiger partial charge in [0.2, 0.25) is 0 Å². The number of carbonyl (C=O) groups excluding carboxylic acids is 1. The van der Waals surface area contributed by atoms with Crippen LogP contribution in [0.5, 0.6) is 0 Å². The molecular formula is C8H13ClO. The summed E-state index contributed by atoms with van der Waals surface area (Å²) in [4.78, 5) is 10.7. The van der Waals surface area contributed by atoms with Gasteiger partial charge in [-0.25, -0.2) is 0 Å². The fraction of sp³-hybridized carbons (Fsp3) is 0.625. The number of unbranched alkanes of at least 4 members (excludes halogenated alkanes) is 1. The van der Waals surface area contributed by atoms with Gasteiger partial charge in [0, 0.05) is 5.57 Å². The number of alkyl halides is 1. The average Bonchev–Trinajstić information content (AvgIpc) is 1.89. The molecule has 0 unspecified atom stereocenters. The number of hydrogen-bond acceptors (Lipinski definition) is 1. The third-order valence-corrected chi connectivity index (χ3v) is 1.56. The number of carbonyl (C=O) groups is 1. The van der Waals surface area contributed by atoms with Crippen LogP contribution in [0.2, 0.25) is 0 Å². The molecule has 0 aromatic heterocycles. The Hall–Kier alpha value is -0.300. The molecule has 0 spiro atoms. The van der Waals surface area contributed by atoms with Crippen LogP contribution in [0.15, 0.2) is 11.6 Å². The van der Waals surface area contributed by atoms with Gasteiger partial charge in [0.25, 0.3) is 0 Å². The molecule has 0 rings (SSSR count). The standard InChI is InChI=1S/C8H13ClO/c1-3-4-5-8(6-9)7(2)10/h5H,3-4,6H2,1-2H3/b8-5-. The van der Waals surface area contributed by atoms with Gasteiger partial charge in [0.1, 0.15) is 0 Å². The molecule has 0 amide bonds. The highest BCUT2D eigenvalue weighted by Crippen LogP contribution is 2.02. The first-order chi connectivity index (χ1) is 4.72. The van der Waals surface area contributed by atoms with Crippen molar-refractivity contribution in [1.82, 2.24) is 0 Å². The van der Waals surface area contributed by atoms with Gasteiger partial charge >= 0.3 is 0 Å². The molecule has 0 N–H and O–H groups in total. The van der Waals surface area contributed by atoms with Crippen LogP contribution in [0.4, 0.5) is 0 Å². The average molecular weight is 161 g/mol. The highest BCUT2D eigenvalue weighted by molar-refractivity contribution is 6.22. The predicted octanol–water partition coefficient (Wildman–Crippen LogP) is 2.54. The van der Waals surface area contributed by atoms with Crippen molar-refractivity contribution in [3.8, 4) is 0 Å². The van der Waals surface area contributed by atoms with Crippen molar-refractivity contribution in [3.05, 3.63) is 11.6 Å². The minimum absolute atomic E-state index is 0.0865. The Labute approximate surface area is 67.1 Å². The van der Waals surface area contributed by atoms with Gasteiger partial charge in [-0.05, 0) is 13.3 Å².